The lowest BCUT2D eigenvalue weighted by atomic mass is 10.2. The predicted molar refractivity (Wildman–Crippen MR) is 136 cm³/mol. The molecule has 0 heterocycles. The molecule has 0 atom stereocenters. The van der Waals surface area contributed by atoms with E-state index in [0.717, 1.165) is 11.8 Å². The number of carbonyl (C=O) groups excluding carboxylic acids is 2. The summed E-state index contributed by atoms with van der Waals surface area (Å²) in [6.45, 7) is 0. The van der Waals surface area contributed by atoms with Crippen LogP contribution in [0.25, 0.3) is 0 Å². The number of aromatic hydroxyl groups is 2. The summed E-state index contributed by atoms with van der Waals surface area (Å²) >= 11 is 1.01. The number of carbonyl (C=O) groups is 2. The van der Waals surface area contributed by atoms with Crippen molar-refractivity contribution in [2.45, 2.75) is 9.79 Å². The fourth-order valence-electron chi connectivity index (χ4n) is 3.30. The molecule has 0 fully saturated rings. The van der Waals surface area contributed by atoms with Crippen molar-refractivity contribution in [2.75, 3.05) is 10.6 Å². The molecule has 4 rings (SSSR count). The molecule has 0 aliphatic carbocycles. The first-order valence-corrected chi connectivity index (χ1v) is 11.4. The van der Waals surface area contributed by atoms with E-state index >= 15 is 0 Å². The van der Waals surface area contributed by atoms with Crippen LogP contribution in [0.15, 0.2) is 101 Å². The Hall–Kier alpha value is -4.83. The van der Waals surface area contributed by atoms with Gasteiger partial charge in [0.2, 0.25) is 0 Å². The maximum Gasteiger partial charge on any atom is 0.270 e. The first-order valence-electron chi connectivity index (χ1n) is 10.6. The quantitative estimate of drug-likeness (QED) is 0.145. The van der Waals surface area contributed by atoms with Gasteiger partial charge >= 0.3 is 0 Å². The molecule has 4 N–H and O–H groups in total. The molecule has 0 saturated heterocycles. The second-order valence-corrected chi connectivity index (χ2v) is 8.56. The number of non-ortho nitro benzene ring substituents is 1. The number of rotatable bonds is 7. The highest BCUT2D eigenvalue weighted by atomic mass is 32.2. The molecule has 4 aromatic carbocycles. The van der Waals surface area contributed by atoms with E-state index in [1.165, 1.54) is 36.4 Å². The van der Waals surface area contributed by atoms with E-state index in [1.807, 2.05) is 0 Å². The van der Waals surface area contributed by atoms with Crippen LogP contribution >= 0.6 is 11.8 Å². The number of nitro groups is 1. The maximum absolute atomic E-state index is 13.0. The summed E-state index contributed by atoms with van der Waals surface area (Å²) in [5.74, 6) is -1.33. The number of benzene rings is 4. The smallest absolute Gasteiger partial charge is 0.270 e. The summed E-state index contributed by atoms with van der Waals surface area (Å²) in [4.78, 5) is 37.5. The molecule has 9 nitrogen and oxygen atoms in total. The minimum absolute atomic E-state index is 0.0993. The summed E-state index contributed by atoms with van der Waals surface area (Å²) in [6.07, 6.45) is 0. The summed E-state index contributed by atoms with van der Waals surface area (Å²) in [5, 5.41) is 36.6. The van der Waals surface area contributed by atoms with Gasteiger partial charge < -0.3 is 20.8 Å². The third kappa shape index (κ3) is 5.45. The van der Waals surface area contributed by atoms with Crippen LogP contribution in [0.3, 0.4) is 0 Å². The minimum atomic E-state index is -0.593. The number of hydrogen-bond acceptors (Lipinski definition) is 7. The molecule has 2 amide bonds. The van der Waals surface area contributed by atoms with Gasteiger partial charge in [-0.25, -0.2) is 0 Å². The first-order chi connectivity index (χ1) is 17.3. The molecule has 0 spiro atoms. The van der Waals surface area contributed by atoms with Crippen LogP contribution in [0.2, 0.25) is 0 Å². The molecule has 0 unspecified atom stereocenters. The predicted octanol–water partition coefficient (Wildman–Crippen LogP) is 5.66. The fraction of sp³-hybridized carbons (Fsp3) is 0. The summed E-state index contributed by atoms with van der Waals surface area (Å²) in [5.41, 5.74) is 0.529. The van der Waals surface area contributed by atoms with Crippen LogP contribution in [-0.2, 0) is 0 Å². The lowest BCUT2D eigenvalue weighted by Crippen LogP contribution is -2.14. The molecule has 0 bridgehead atoms. The summed E-state index contributed by atoms with van der Waals surface area (Å²) < 4.78 is 0. The number of phenolic OH excluding ortho intramolecular Hbond substituents is 2. The first kappa shape index (κ1) is 24.3. The van der Waals surface area contributed by atoms with Crippen molar-refractivity contribution < 1.29 is 24.7 Å². The normalized spacial score (nSPS) is 10.4. The van der Waals surface area contributed by atoms with Gasteiger partial charge in [-0.15, -0.1) is 0 Å². The van der Waals surface area contributed by atoms with Gasteiger partial charge in [0.15, 0.2) is 0 Å². The number of phenols is 2. The van der Waals surface area contributed by atoms with Gasteiger partial charge in [0.1, 0.15) is 11.5 Å². The highest BCUT2D eigenvalue weighted by Gasteiger charge is 2.21. The van der Waals surface area contributed by atoms with Crippen molar-refractivity contribution in [3.8, 4) is 11.5 Å². The van der Waals surface area contributed by atoms with Gasteiger partial charge in [-0.1, -0.05) is 48.2 Å². The fourth-order valence-corrected chi connectivity index (χ4v) is 4.40. The maximum atomic E-state index is 13.0. The molecule has 4 aromatic rings. The van der Waals surface area contributed by atoms with Crippen molar-refractivity contribution in [3.05, 3.63) is 112 Å². The molecular formula is C26H19N3O6S. The van der Waals surface area contributed by atoms with Gasteiger partial charge in [0.05, 0.1) is 27.4 Å². The van der Waals surface area contributed by atoms with Crippen molar-refractivity contribution in [2.24, 2.45) is 0 Å². The topological polar surface area (TPSA) is 142 Å². The van der Waals surface area contributed by atoms with Crippen LogP contribution in [0, 0.1) is 10.1 Å². The lowest BCUT2D eigenvalue weighted by molar-refractivity contribution is -0.385. The Kier molecular flexibility index (Phi) is 7.17. The molecule has 10 heteroatoms. The Labute approximate surface area is 209 Å². The van der Waals surface area contributed by atoms with Crippen LogP contribution in [0.4, 0.5) is 17.1 Å². The van der Waals surface area contributed by atoms with Gasteiger partial charge in [0.25, 0.3) is 17.5 Å². The molecular weight excluding hydrogens is 482 g/mol. The van der Waals surface area contributed by atoms with Crippen molar-refractivity contribution in [3.63, 3.8) is 0 Å². The Morgan fingerprint density at radius 2 is 1.19 bits per heavy atom. The summed E-state index contributed by atoms with van der Waals surface area (Å²) in [7, 11) is 0. The second kappa shape index (κ2) is 10.6. The zero-order valence-electron chi connectivity index (χ0n) is 18.5. The number of nitrogens with one attached hydrogen (secondary N) is 2. The van der Waals surface area contributed by atoms with E-state index in [4.69, 9.17) is 0 Å². The number of hydrogen-bond donors (Lipinski definition) is 4. The molecule has 0 aliphatic heterocycles. The third-order valence-electron chi connectivity index (χ3n) is 5.08. The van der Waals surface area contributed by atoms with E-state index in [0.29, 0.717) is 4.90 Å². The third-order valence-corrected chi connectivity index (χ3v) is 6.21. The van der Waals surface area contributed by atoms with E-state index in [1.54, 1.807) is 54.6 Å². The monoisotopic (exact) mass is 501 g/mol. The van der Waals surface area contributed by atoms with E-state index in [-0.39, 0.29) is 44.6 Å². The molecule has 36 heavy (non-hydrogen) atoms. The number of nitrogens with zero attached hydrogens (tertiary/aromatic N) is 1. The average Bonchev–Trinajstić information content (AvgIpc) is 2.87. The molecule has 180 valence electrons. The molecule has 0 aromatic heterocycles. The molecule has 0 radical (unpaired) electrons. The number of anilines is 2. The zero-order chi connectivity index (χ0) is 25.7. The van der Waals surface area contributed by atoms with Crippen molar-refractivity contribution in [1.82, 2.24) is 0 Å². The van der Waals surface area contributed by atoms with Crippen molar-refractivity contribution >= 4 is 40.6 Å². The van der Waals surface area contributed by atoms with E-state index in [2.05, 4.69) is 10.6 Å². The Morgan fingerprint density at radius 1 is 0.694 bits per heavy atom. The zero-order valence-corrected chi connectivity index (χ0v) is 19.4. The van der Waals surface area contributed by atoms with Crippen LogP contribution in [0.1, 0.15) is 20.7 Å². The van der Waals surface area contributed by atoms with Crippen LogP contribution < -0.4 is 10.6 Å². The lowest BCUT2D eigenvalue weighted by Gasteiger charge is -2.13. The molecule has 0 aliphatic rings. The van der Waals surface area contributed by atoms with Gasteiger partial charge in [-0.2, -0.15) is 0 Å². The van der Waals surface area contributed by atoms with Crippen molar-refractivity contribution in [1.29, 1.82) is 0 Å². The summed E-state index contributed by atoms with van der Waals surface area (Å²) in [6, 6.07) is 22.8. The number of amides is 2. The Morgan fingerprint density at radius 3 is 1.75 bits per heavy atom. The van der Waals surface area contributed by atoms with Gasteiger partial charge in [-0.05, 0) is 42.5 Å². The highest BCUT2D eigenvalue weighted by Crippen LogP contribution is 2.36. The van der Waals surface area contributed by atoms with Gasteiger partial charge in [-0.3, -0.25) is 19.7 Å². The van der Waals surface area contributed by atoms with E-state index in [9.17, 15) is 29.9 Å². The Balaban J connectivity index is 1.68. The van der Waals surface area contributed by atoms with Gasteiger partial charge in [0, 0.05) is 21.9 Å². The Bertz CT molecular complexity index is 1470. The number of para-hydroxylation sites is 4. The average molecular weight is 502 g/mol. The SMILES string of the molecule is O=C(Nc1ccccc1O)c1ccccc1Sc1cc([N+](=O)[O-])ccc1C(=O)Nc1ccccc1O. The second-order valence-electron chi connectivity index (χ2n) is 7.48. The largest absolute Gasteiger partial charge is 0.506 e. The highest BCUT2D eigenvalue weighted by molar-refractivity contribution is 7.99. The van der Waals surface area contributed by atoms with Crippen LogP contribution in [0.5, 0.6) is 11.5 Å². The standard InChI is InChI=1S/C26H19N3O6S/c30-21-10-4-2-8-19(21)27-25(32)17-7-1-6-12-23(17)36-24-15-16(29(34)35)13-14-18(24)26(33)28-20-9-3-5-11-22(20)31/h1-15,30-31H,(H,27,32)(H,28,33). The van der Waals surface area contributed by atoms with E-state index < -0.39 is 16.7 Å². The number of nitro benzene ring substituents is 1. The molecule has 0 saturated carbocycles. The van der Waals surface area contributed by atoms with Crippen LogP contribution in [-0.4, -0.2) is 27.0 Å². The minimum Gasteiger partial charge on any atom is -0.506 e.